The van der Waals surface area contributed by atoms with Crippen molar-refractivity contribution < 1.29 is 10.2 Å². The topological polar surface area (TPSA) is 66.5 Å². The fourth-order valence-corrected chi connectivity index (χ4v) is 3.36. The van der Waals surface area contributed by atoms with Gasteiger partial charge >= 0.3 is 0 Å². The van der Waals surface area contributed by atoms with E-state index in [2.05, 4.69) is 15.9 Å². The van der Waals surface area contributed by atoms with Crippen molar-refractivity contribution in [1.29, 1.82) is 0 Å². The lowest BCUT2D eigenvalue weighted by Gasteiger charge is -2.25. The zero-order valence-corrected chi connectivity index (χ0v) is 11.5. The van der Waals surface area contributed by atoms with Gasteiger partial charge in [0.1, 0.15) is 5.75 Å². The highest BCUT2D eigenvalue weighted by molar-refractivity contribution is 9.10. The second-order valence-electron chi connectivity index (χ2n) is 4.65. The molecule has 17 heavy (non-hydrogen) atoms. The zero-order valence-electron chi connectivity index (χ0n) is 9.96. The van der Waals surface area contributed by atoms with Crippen LogP contribution in [-0.4, -0.2) is 16.8 Å². The second-order valence-corrected chi connectivity index (χ2v) is 5.45. The van der Waals surface area contributed by atoms with Gasteiger partial charge in [-0.1, -0.05) is 0 Å². The van der Waals surface area contributed by atoms with Crippen LogP contribution in [0.5, 0.6) is 5.75 Å². The van der Waals surface area contributed by atoms with E-state index in [-0.39, 0.29) is 12.4 Å². The number of aliphatic hydroxyl groups is 1. The first-order chi connectivity index (χ1) is 8.07. The smallest absolute Gasteiger partial charge is 0.135 e. The lowest BCUT2D eigenvalue weighted by molar-refractivity contribution is 0.264. The molecule has 0 bridgehead atoms. The first-order valence-corrected chi connectivity index (χ1v) is 6.76. The highest BCUT2D eigenvalue weighted by atomic mass is 79.9. The van der Waals surface area contributed by atoms with Crippen molar-refractivity contribution in [2.24, 2.45) is 5.73 Å². The summed E-state index contributed by atoms with van der Waals surface area (Å²) in [6.45, 7) is 1.83. The molecule has 4 N–H and O–H groups in total. The number of halogens is 1. The molecule has 0 heterocycles. The van der Waals surface area contributed by atoms with Crippen molar-refractivity contribution in [2.45, 2.75) is 38.6 Å². The summed E-state index contributed by atoms with van der Waals surface area (Å²) in [6, 6.07) is -0.515. The molecule has 0 spiro atoms. The molecule has 0 fully saturated rings. The van der Waals surface area contributed by atoms with E-state index >= 15 is 0 Å². The molecule has 0 aromatic heterocycles. The Kier molecular flexibility index (Phi) is 3.76. The predicted octanol–water partition coefficient (Wildman–Crippen LogP) is 2.33. The first-order valence-electron chi connectivity index (χ1n) is 5.97. The van der Waals surface area contributed by atoms with E-state index in [1.807, 2.05) is 6.92 Å². The third-order valence-corrected chi connectivity index (χ3v) is 4.47. The van der Waals surface area contributed by atoms with Crippen LogP contribution in [0, 0.1) is 6.92 Å². The van der Waals surface area contributed by atoms with Crippen LogP contribution in [0.4, 0.5) is 0 Å². The summed E-state index contributed by atoms with van der Waals surface area (Å²) in [7, 11) is 0. The average Bonchev–Trinajstić information content (AvgIpc) is 2.36. The molecule has 4 heteroatoms. The standard InChI is InChI=1S/C13H18BrNO2/c1-7-8-4-2-3-5-9(8)12(14)13(17)11(7)10(15)6-16/h10,16-17H,2-6,15H2,1H3. The predicted molar refractivity (Wildman–Crippen MR) is 71.2 cm³/mol. The number of phenols is 1. The van der Waals surface area contributed by atoms with Crippen LogP contribution in [0.3, 0.4) is 0 Å². The lowest BCUT2D eigenvalue weighted by atomic mass is 9.84. The number of phenolic OH excluding ortho intramolecular Hbond substituents is 1. The molecule has 1 aliphatic rings. The molecule has 1 aromatic rings. The minimum absolute atomic E-state index is 0.153. The van der Waals surface area contributed by atoms with Gasteiger partial charge < -0.3 is 15.9 Å². The molecule has 0 saturated carbocycles. The molecule has 0 amide bonds. The Hall–Kier alpha value is -0.580. The van der Waals surface area contributed by atoms with Gasteiger partial charge in [-0.25, -0.2) is 0 Å². The van der Waals surface area contributed by atoms with Gasteiger partial charge in [0.2, 0.25) is 0 Å². The molecule has 3 nitrogen and oxygen atoms in total. The van der Waals surface area contributed by atoms with Crippen molar-refractivity contribution in [3.05, 3.63) is 26.7 Å². The van der Waals surface area contributed by atoms with Gasteiger partial charge in [-0.2, -0.15) is 0 Å². The molecule has 1 aromatic carbocycles. The fraction of sp³-hybridized carbons (Fsp3) is 0.538. The maximum Gasteiger partial charge on any atom is 0.135 e. The zero-order chi connectivity index (χ0) is 12.6. The molecule has 0 aliphatic heterocycles. The Balaban J connectivity index is 2.65. The molecule has 1 aliphatic carbocycles. The van der Waals surface area contributed by atoms with Gasteiger partial charge in [-0.15, -0.1) is 0 Å². The monoisotopic (exact) mass is 299 g/mol. The second kappa shape index (κ2) is 4.96. The summed E-state index contributed by atoms with van der Waals surface area (Å²) in [6.07, 6.45) is 4.37. The van der Waals surface area contributed by atoms with Gasteiger partial charge in [-0.05, 0) is 65.2 Å². The van der Waals surface area contributed by atoms with Crippen LogP contribution in [0.15, 0.2) is 4.47 Å². The molecular formula is C13H18BrNO2. The van der Waals surface area contributed by atoms with Crippen LogP contribution in [-0.2, 0) is 12.8 Å². The van der Waals surface area contributed by atoms with Crippen molar-refractivity contribution in [3.8, 4) is 5.75 Å². The number of nitrogens with two attached hydrogens (primary N) is 1. The summed E-state index contributed by atoms with van der Waals surface area (Å²) in [5, 5.41) is 19.4. The fourth-order valence-electron chi connectivity index (χ4n) is 2.71. The van der Waals surface area contributed by atoms with Crippen LogP contribution < -0.4 is 5.73 Å². The number of benzene rings is 1. The number of fused-ring (bicyclic) bond motifs is 1. The third kappa shape index (κ3) is 2.09. The molecular weight excluding hydrogens is 282 g/mol. The lowest BCUT2D eigenvalue weighted by Crippen LogP contribution is -2.19. The Bertz CT molecular complexity index is 446. The SMILES string of the molecule is Cc1c2c(c(Br)c(O)c1C(N)CO)CCCC2. The van der Waals surface area contributed by atoms with Crippen LogP contribution >= 0.6 is 15.9 Å². The quantitative estimate of drug-likeness (QED) is 0.785. The minimum Gasteiger partial charge on any atom is -0.506 e. The van der Waals surface area contributed by atoms with Gasteiger partial charge in [-0.3, -0.25) is 0 Å². The Morgan fingerprint density at radius 2 is 1.88 bits per heavy atom. The maximum atomic E-state index is 10.2. The van der Waals surface area contributed by atoms with Crippen LogP contribution in [0.25, 0.3) is 0 Å². The Labute approximate surface area is 110 Å². The van der Waals surface area contributed by atoms with E-state index < -0.39 is 6.04 Å². The Morgan fingerprint density at radius 3 is 2.47 bits per heavy atom. The number of hydrogen-bond donors (Lipinski definition) is 3. The van der Waals surface area contributed by atoms with E-state index in [0.717, 1.165) is 29.3 Å². The molecule has 0 radical (unpaired) electrons. The van der Waals surface area contributed by atoms with E-state index in [4.69, 9.17) is 5.73 Å². The molecule has 1 atom stereocenters. The summed E-state index contributed by atoms with van der Waals surface area (Å²) in [4.78, 5) is 0. The normalized spacial score (nSPS) is 16.7. The van der Waals surface area contributed by atoms with Crippen LogP contribution in [0.1, 0.15) is 41.1 Å². The van der Waals surface area contributed by atoms with Crippen molar-refractivity contribution in [3.63, 3.8) is 0 Å². The van der Waals surface area contributed by atoms with Gasteiger partial charge in [0.05, 0.1) is 17.1 Å². The summed E-state index contributed by atoms with van der Waals surface area (Å²) in [5.41, 5.74) is 10.1. The number of rotatable bonds is 2. The molecule has 0 saturated heterocycles. The van der Waals surface area contributed by atoms with E-state index in [0.29, 0.717) is 5.56 Å². The molecule has 94 valence electrons. The first kappa shape index (κ1) is 12.9. The van der Waals surface area contributed by atoms with E-state index in [1.165, 1.54) is 17.5 Å². The number of aliphatic hydroxyl groups excluding tert-OH is 1. The van der Waals surface area contributed by atoms with Crippen molar-refractivity contribution >= 4 is 15.9 Å². The average molecular weight is 300 g/mol. The van der Waals surface area contributed by atoms with Crippen LogP contribution in [0.2, 0.25) is 0 Å². The highest BCUT2D eigenvalue weighted by Gasteiger charge is 2.24. The van der Waals surface area contributed by atoms with Gasteiger partial charge in [0, 0.05) is 5.56 Å². The molecule has 1 unspecified atom stereocenters. The van der Waals surface area contributed by atoms with E-state index in [9.17, 15) is 10.2 Å². The number of aromatic hydroxyl groups is 1. The van der Waals surface area contributed by atoms with Crippen molar-refractivity contribution in [2.75, 3.05) is 6.61 Å². The summed E-state index contributed by atoms with van der Waals surface area (Å²) in [5.74, 6) is 0.199. The summed E-state index contributed by atoms with van der Waals surface area (Å²) < 4.78 is 0.761. The third-order valence-electron chi connectivity index (χ3n) is 3.62. The van der Waals surface area contributed by atoms with Crippen molar-refractivity contribution in [1.82, 2.24) is 0 Å². The summed E-state index contributed by atoms with van der Waals surface area (Å²) >= 11 is 3.46. The minimum atomic E-state index is -0.515. The molecule has 2 rings (SSSR count). The maximum absolute atomic E-state index is 10.2. The highest BCUT2D eigenvalue weighted by Crippen LogP contribution is 2.42. The number of hydrogen-bond acceptors (Lipinski definition) is 3. The Morgan fingerprint density at radius 1 is 1.29 bits per heavy atom. The largest absolute Gasteiger partial charge is 0.506 e. The van der Waals surface area contributed by atoms with Gasteiger partial charge in [0.25, 0.3) is 0 Å². The van der Waals surface area contributed by atoms with E-state index in [1.54, 1.807) is 0 Å². The van der Waals surface area contributed by atoms with Gasteiger partial charge in [0.15, 0.2) is 0 Å².